The van der Waals surface area contributed by atoms with E-state index < -0.39 is 0 Å². The zero-order chi connectivity index (χ0) is 19.7. The topological polar surface area (TPSA) is 61.8 Å². The number of aromatic nitrogens is 4. The van der Waals surface area contributed by atoms with Crippen LogP contribution in [0.5, 0.6) is 0 Å². The highest BCUT2D eigenvalue weighted by atomic mass is 15.1. The first kappa shape index (κ1) is 18.5. The third-order valence-electron chi connectivity index (χ3n) is 5.07. The van der Waals surface area contributed by atoms with Crippen molar-refractivity contribution in [2.75, 3.05) is 33.0 Å². The number of fused-ring (bicyclic) bond motifs is 3. The number of unbranched alkanes of at least 4 members (excludes halogenated alkanes) is 1. The fraction of sp³-hybridized carbons (Fsp3) is 0.318. The van der Waals surface area contributed by atoms with Gasteiger partial charge in [-0.15, -0.1) is 0 Å². The number of imidazole rings is 1. The molecule has 2 N–H and O–H groups in total. The molecule has 0 aliphatic carbocycles. The highest BCUT2D eigenvalue weighted by Gasteiger charge is 2.15. The Morgan fingerprint density at radius 1 is 1.25 bits per heavy atom. The summed E-state index contributed by atoms with van der Waals surface area (Å²) >= 11 is 0. The van der Waals surface area contributed by atoms with Crippen LogP contribution in [0.1, 0.15) is 12.0 Å². The smallest absolute Gasteiger partial charge is 0.156 e. The molecule has 0 aliphatic rings. The van der Waals surface area contributed by atoms with Gasteiger partial charge in [0, 0.05) is 25.2 Å². The van der Waals surface area contributed by atoms with Crippen LogP contribution in [-0.2, 0) is 13.5 Å². The second-order valence-electron chi connectivity index (χ2n) is 7.49. The lowest BCUT2D eigenvalue weighted by atomic mass is 10.0. The van der Waals surface area contributed by atoms with Crippen LogP contribution in [0.25, 0.3) is 33.3 Å². The van der Waals surface area contributed by atoms with Crippen molar-refractivity contribution in [1.29, 1.82) is 0 Å². The Morgan fingerprint density at radius 3 is 2.89 bits per heavy atom. The van der Waals surface area contributed by atoms with E-state index in [0.717, 1.165) is 53.0 Å². The molecule has 0 spiro atoms. The molecule has 28 heavy (non-hydrogen) atoms. The Balaban J connectivity index is 1.67. The van der Waals surface area contributed by atoms with Crippen LogP contribution in [0.4, 0.5) is 5.82 Å². The van der Waals surface area contributed by atoms with Crippen molar-refractivity contribution in [3.05, 3.63) is 48.6 Å². The average molecular weight is 376 g/mol. The van der Waals surface area contributed by atoms with E-state index in [4.69, 9.17) is 4.98 Å². The third-order valence-corrected chi connectivity index (χ3v) is 5.07. The lowest BCUT2D eigenvalue weighted by Crippen LogP contribution is -2.13. The van der Waals surface area contributed by atoms with Gasteiger partial charge in [-0.05, 0) is 63.2 Å². The number of hydrogen-bond donors (Lipinski definition) is 2. The summed E-state index contributed by atoms with van der Waals surface area (Å²) in [6.07, 6.45) is 6.27. The van der Waals surface area contributed by atoms with Crippen LogP contribution < -0.4 is 5.32 Å². The van der Waals surface area contributed by atoms with Gasteiger partial charge < -0.3 is 19.8 Å². The van der Waals surface area contributed by atoms with Crippen LogP contribution in [0.2, 0.25) is 0 Å². The maximum Gasteiger partial charge on any atom is 0.156 e. The summed E-state index contributed by atoms with van der Waals surface area (Å²) in [5.74, 6) is 0.792. The van der Waals surface area contributed by atoms with Crippen molar-refractivity contribution in [1.82, 2.24) is 24.4 Å². The number of pyridine rings is 1. The van der Waals surface area contributed by atoms with Gasteiger partial charge in [0.1, 0.15) is 11.2 Å². The zero-order valence-electron chi connectivity index (χ0n) is 17.0. The van der Waals surface area contributed by atoms with Gasteiger partial charge >= 0.3 is 0 Å². The molecule has 0 aliphatic heterocycles. The molecule has 0 fully saturated rings. The summed E-state index contributed by atoms with van der Waals surface area (Å²) < 4.78 is 2.05. The number of rotatable bonds is 7. The molecule has 0 bridgehead atoms. The molecule has 1 radical (unpaired) electrons. The van der Waals surface area contributed by atoms with Crippen molar-refractivity contribution >= 4 is 27.9 Å². The van der Waals surface area contributed by atoms with Crippen LogP contribution in [0.15, 0.2) is 36.7 Å². The van der Waals surface area contributed by atoms with E-state index in [1.807, 2.05) is 25.0 Å². The summed E-state index contributed by atoms with van der Waals surface area (Å²) in [5, 5.41) is 4.25. The average Bonchev–Trinajstić information content (AvgIpc) is 3.28. The number of aryl methyl sites for hydroxylation is 1. The Labute approximate surface area is 165 Å². The maximum absolute atomic E-state index is 4.73. The number of H-pyrrole nitrogens is 1. The number of aromatic amines is 1. The van der Waals surface area contributed by atoms with Crippen LogP contribution in [-0.4, -0.2) is 52.1 Å². The van der Waals surface area contributed by atoms with E-state index in [9.17, 15) is 0 Å². The zero-order valence-corrected chi connectivity index (χ0v) is 17.0. The van der Waals surface area contributed by atoms with Gasteiger partial charge in [0.25, 0.3) is 0 Å². The highest BCUT2D eigenvalue weighted by molar-refractivity contribution is 6.07. The van der Waals surface area contributed by atoms with E-state index in [-0.39, 0.29) is 0 Å². The minimum atomic E-state index is 0.792. The monoisotopic (exact) mass is 375 g/mol. The Kier molecular flexibility index (Phi) is 5.05. The summed E-state index contributed by atoms with van der Waals surface area (Å²) in [5.41, 5.74) is 6.44. The predicted molar refractivity (Wildman–Crippen MR) is 117 cm³/mol. The molecule has 1 aromatic carbocycles. The number of benzene rings is 1. The maximum atomic E-state index is 4.73. The lowest BCUT2D eigenvalue weighted by Gasteiger charge is -2.09. The summed E-state index contributed by atoms with van der Waals surface area (Å²) in [6, 6.07) is 10.9. The van der Waals surface area contributed by atoms with E-state index in [2.05, 4.69) is 71.0 Å². The Hall–Kier alpha value is -2.86. The third kappa shape index (κ3) is 3.47. The summed E-state index contributed by atoms with van der Waals surface area (Å²) in [4.78, 5) is 14.9. The summed E-state index contributed by atoms with van der Waals surface area (Å²) in [7, 11) is 8.11. The van der Waals surface area contributed by atoms with Crippen LogP contribution in [0.3, 0.4) is 0 Å². The molecular formula is C22H27N6. The molecule has 3 aromatic heterocycles. The van der Waals surface area contributed by atoms with E-state index in [0.29, 0.717) is 0 Å². The standard InChI is InChI=1S/C22H27N6/c1-23-22-19-20(28(4)14-24-19)17-13-18(25-21(17)26-22)16-10-7-9-15(12-16)8-5-6-11-27(2)3/h5,7,9-10,12-14H,6,8,11H2,1-4H3,(H2,23,25,26). The first-order valence-corrected chi connectivity index (χ1v) is 9.64. The largest absolute Gasteiger partial charge is 0.371 e. The molecule has 0 amide bonds. The van der Waals surface area contributed by atoms with E-state index >= 15 is 0 Å². The molecular weight excluding hydrogens is 348 g/mol. The van der Waals surface area contributed by atoms with E-state index in [1.54, 1.807) is 0 Å². The fourth-order valence-corrected chi connectivity index (χ4v) is 3.61. The quantitative estimate of drug-likeness (QED) is 0.482. The molecule has 0 atom stereocenters. The van der Waals surface area contributed by atoms with Crippen molar-refractivity contribution < 1.29 is 0 Å². The SMILES string of the molecule is CNc1nc2[nH]c(-c3cccc(C[CH]CCN(C)C)c3)cc2c2c1ncn2C. The Bertz CT molecular complexity index is 1110. The van der Waals surface area contributed by atoms with Crippen LogP contribution >= 0.6 is 0 Å². The molecule has 6 nitrogen and oxygen atoms in total. The predicted octanol–water partition coefficient (Wildman–Crippen LogP) is 3.86. The molecule has 0 unspecified atom stereocenters. The van der Waals surface area contributed by atoms with Crippen molar-refractivity contribution in [3.8, 4) is 11.3 Å². The first-order chi connectivity index (χ1) is 13.6. The number of anilines is 1. The van der Waals surface area contributed by atoms with Crippen molar-refractivity contribution in [3.63, 3.8) is 0 Å². The van der Waals surface area contributed by atoms with Gasteiger partial charge in [0.2, 0.25) is 0 Å². The summed E-state index contributed by atoms with van der Waals surface area (Å²) in [6.45, 7) is 1.09. The molecule has 0 saturated heterocycles. The Morgan fingerprint density at radius 2 is 2.11 bits per heavy atom. The van der Waals surface area contributed by atoms with Crippen molar-refractivity contribution in [2.45, 2.75) is 12.8 Å². The fourth-order valence-electron chi connectivity index (χ4n) is 3.61. The van der Waals surface area contributed by atoms with Crippen LogP contribution in [0, 0.1) is 6.42 Å². The normalized spacial score (nSPS) is 11.8. The molecule has 6 heteroatoms. The van der Waals surface area contributed by atoms with Gasteiger partial charge in [-0.3, -0.25) is 0 Å². The van der Waals surface area contributed by atoms with Gasteiger partial charge in [-0.25, -0.2) is 9.97 Å². The number of hydrogen-bond acceptors (Lipinski definition) is 4. The molecule has 4 aromatic rings. The van der Waals surface area contributed by atoms with Gasteiger partial charge in [-0.2, -0.15) is 0 Å². The second-order valence-corrected chi connectivity index (χ2v) is 7.49. The van der Waals surface area contributed by atoms with Crippen molar-refractivity contribution in [2.24, 2.45) is 7.05 Å². The number of nitrogens with one attached hydrogen (secondary N) is 2. The minimum absolute atomic E-state index is 0.792. The van der Waals surface area contributed by atoms with Gasteiger partial charge in [0.05, 0.1) is 11.8 Å². The van der Waals surface area contributed by atoms with E-state index in [1.165, 1.54) is 11.1 Å². The lowest BCUT2D eigenvalue weighted by molar-refractivity contribution is 0.410. The molecule has 0 saturated carbocycles. The molecule has 3 heterocycles. The first-order valence-electron chi connectivity index (χ1n) is 9.64. The number of nitrogens with zero attached hydrogens (tertiary/aromatic N) is 4. The minimum Gasteiger partial charge on any atom is -0.371 e. The van der Waals surface area contributed by atoms with Gasteiger partial charge in [0.15, 0.2) is 5.82 Å². The molecule has 145 valence electrons. The highest BCUT2D eigenvalue weighted by Crippen LogP contribution is 2.31. The van der Waals surface area contributed by atoms with Gasteiger partial charge in [-0.1, -0.05) is 18.2 Å². The second kappa shape index (κ2) is 7.64. The molecule has 4 rings (SSSR count).